The highest BCUT2D eigenvalue weighted by molar-refractivity contribution is 9.10. The SMILES string of the molecule is CCO[C@@H]1OC(C(=O)N2CCCCC2)=C[C@H](c2ccc(Br)cc2)[C@H]1CCCO. The van der Waals surface area contributed by atoms with E-state index in [1.165, 1.54) is 6.42 Å². The molecule has 154 valence electrons. The fourth-order valence-electron chi connectivity index (χ4n) is 4.08. The van der Waals surface area contributed by atoms with Gasteiger partial charge in [0.05, 0.1) is 0 Å². The van der Waals surface area contributed by atoms with Crippen molar-refractivity contribution in [3.63, 3.8) is 0 Å². The van der Waals surface area contributed by atoms with Crippen LogP contribution in [0.2, 0.25) is 0 Å². The van der Waals surface area contributed by atoms with E-state index in [2.05, 4.69) is 28.1 Å². The molecule has 1 N–H and O–H groups in total. The molecule has 3 atom stereocenters. The van der Waals surface area contributed by atoms with Crippen molar-refractivity contribution < 1.29 is 19.4 Å². The summed E-state index contributed by atoms with van der Waals surface area (Å²) in [4.78, 5) is 15.0. The van der Waals surface area contributed by atoms with Crippen molar-refractivity contribution in [2.24, 2.45) is 5.92 Å². The summed E-state index contributed by atoms with van der Waals surface area (Å²) in [6.07, 6.45) is 6.19. The number of carbonyl (C=O) groups is 1. The molecular formula is C22H30BrNO4. The molecule has 6 heteroatoms. The molecule has 2 aliphatic heterocycles. The van der Waals surface area contributed by atoms with Gasteiger partial charge in [-0.15, -0.1) is 0 Å². The number of hydrogen-bond acceptors (Lipinski definition) is 4. The fraction of sp³-hybridized carbons (Fsp3) is 0.591. The van der Waals surface area contributed by atoms with Crippen molar-refractivity contribution in [1.82, 2.24) is 4.90 Å². The van der Waals surface area contributed by atoms with Gasteiger partial charge in [0.25, 0.3) is 5.91 Å². The van der Waals surface area contributed by atoms with Crippen molar-refractivity contribution in [1.29, 1.82) is 0 Å². The van der Waals surface area contributed by atoms with Gasteiger partial charge in [0.1, 0.15) is 0 Å². The van der Waals surface area contributed by atoms with Crippen LogP contribution >= 0.6 is 15.9 Å². The lowest BCUT2D eigenvalue weighted by atomic mass is 9.80. The standard InChI is InChI=1S/C22H30BrNO4/c1-2-27-22-18(7-6-14-25)19(16-8-10-17(23)11-9-16)15-20(28-22)21(26)24-12-4-3-5-13-24/h8-11,15,18-19,22,25H,2-7,12-14H2,1H3/t18-,19-,22-/m1/s1. The number of piperidine rings is 1. The molecule has 1 saturated heterocycles. The molecule has 0 radical (unpaired) electrons. The van der Waals surface area contributed by atoms with Crippen molar-refractivity contribution in [2.45, 2.75) is 51.2 Å². The summed E-state index contributed by atoms with van der Waals surface area (Å²) in [5.41, 5.74) is 1.13. The van der Waals surface area contributed by atoms with Crippen molar-refractivity contribution in [2.75, 3.05) is 26.3 Å². The number of carbonyl (C=O) groups excluding carboxylic acids is 1. The summed E-state index contributed by atoms with van der Waals surface area (Å²) < 4.78 is 13.0. The highest BCUT2D eigenvalue weighted by Gasteiger charge is 2.38. The van der Waals surface area contributed by atoms with E-state index < -0.39 is 6.29 Å². The van der Waals surface area contributed by atoms with Crippen LogP contribution in [-0.4, -0.2) is 48.5 Å². The van der Waals surface area contributed by atoms with Crippen LogP contribution in [0.5, 0.6) is 0 Å². The Bertz CT molecular complexity index is 670. The number of nitrogens with zero attached hydrogens (tertiary/aromatic N) is 1. The van der Waals surface area contributed by atoms with Gasteiger partial charge in [0, 0.05) is 42.6 Å². The molecule has 1 fully saturated rings. The molecule has 28 heavy (non-hydrogen) atoms. The quantitative estimate of drug-likeness (QED) is 0.674. The van der Waals surface area contributed by atoms with Crippen molar-refractivity contribution in [3.8, 4) is 0 Å². The molecule has 2 aliphatic rings. The van der Waals surface area contributed by atoms with Gasteiger partial charge in [-0.1, -0.05) is 28.1 Å². The molecule has 2 heterocycles. The molecular weight excluding hydrogens is 422 g/mol. The third-order valence-electron chi connectivity index (χ3n) is 5.52. The smallest absolute Gasteiger partial charge is 0.288 e. The average Bonchev–Trinajstić information content (AvgIpc) is 2.73. The predicted octanol–water partition coefficient (Wildman–Crippen LogP) is 4.21. The molecule has 3 rings (SSSR count). The molecule has 0 aliphatic carbocycles. The van der Waals surface area contributed by atoms with Crippen molar-refractivity contribution in [3.05, 3.63) is 46.1 Å². The van der Waals surface area contributed by atoms with E-state index in [0.29, 0.717) is 18.8 Å². The lowest BCUT2D eigenvalue weighted by Crippen LogP contribution is -2.42. The first-order valence-corrected chi connectivity index (χ1v) is 11.1. The molecule has 5 nitrogen and oxygen atoms in total. The van der Waals surface area contributed by atoms with E-state index >= 15 is 0 Å². The topological polar surface area (TPSA) is 59.0 Å². The first-order chi connectivity index (χ1) is 13.6. The Balaban J connectivity index is 1.92. The number of halogens is 1. The highest BCUT2D eigenvalue weighted by atomic mass is 79.9. The van der Waals surface area contributed by atoms with Gasteiger partial charge in [-0.05, 0) is 62.8 Å². The number of amides is 1. The molecule has 0 bridgehead atoms. The number of allylic oxidation sites excluding steroid dienone is 1. The maximum Gasteiger partial charge on any atom is 0.288 e. The van der Waals surface area contributed by atoms with E-state index in [1.54, 1.807) is 0 Å². The lowest BCUT2D eigenvalue weighted by molar-refractivity contribution is -0.170. The Morgan fingerprint density at radius 1 is 1.25 bits per heavy atom. The number of ether oxygens (including phenoxy) is 2. The Morgan fingerprint density at radius 3 is 2.61 bits per heavy atom. The highest BCUT2D eigenvalue weighted by Crippen LogP contribution is 2.40. The minimum atomic E-state index is -0.487. The third-order valence-corrected chi connectivity index (χ3v) is 6.05. The largest absolute Gasteiger partial charge is 0.459 e. The zero-order valence-electron chi connectivity index (χ0n) is 16.5. The van der Waals surface area contributed by atoms with Gasteiger partial charge in [0.15, 0.2) is 5.76 Å². The van der Waals surface area contributed by atoms with Crippen LogP contribution in [-0.2, 0) is 14.3 Å². The Labute approximate surface area is 175 Å². The van der Waals surface area contributed by atoms with Gasteiger partial charge < -0.3 is 19.5 Å². The zero-order valence-corrected chi connectivity index (χ0v) is 18.1. The van der Waals surface area contributed by atoms with E-state index in [-0.39, 0.29) is 24.3 Å². The Hall–Kier alpha value is -1.37. The van der Waals surface area contributed by atoms with E-state index in [1.807, 2.05) is 30.0 Å². The monoisotopic (exact) mass is 451 g/mol. The molecule has 0 saturated carbocycles. The molecule has 0 spiro atoms. The van der Waals surface area contributed by atoms with Crippen LogP contribution in [0.15, 0.2) is 40.6 Å². The van der Waals surface area contributed by atoms with Gasteiger partial charge in [-0.25, -0.2) is 0 Å². The number of benzene rings is 1. The van der Waals surface area contributed by atoms with Crippen LogP contribution in [0.4, 0.5) is 0 Å². The van der Waals surface area contributed by atoms with Crippen LogP contribution in [0, 0.1) is 5.92 Å². The number of aliphatic hydroxyl groups excluding tert-OH is 1. The number of aliphatic hydroxyl groups is 1. The van der Waals surface area contributed by atoms with Gasteiger partial charge >= 0.3 is 0 Å². The van der Waals surface area contributed by atoms with E-state index in [4.69, 9.17) is 9.47 Å². The van der Waals surface area contributed by atoms with Crippen molar-refractivity contribution >= 4 is 21.8 Å². The second kappa shape index (κ2) is 10.4. The maximum atomic E-state index is 13.1. The van der Waals surface area contributed by atoms with Gasteiger partial charge in [-0.2, -0.15) is 0 Å². The van der Waals surface area contributed by atoms with Crippen LogP contribution in [0.25, 0.3) is 0 Å². The summed E-state index contributed by atoms with van der Waals surface area (Å²) in [5, 5.41) is 9.35. The third kappa shape index (κ3) is 5.16. The Kier molecular flexibility index (Phi) is 7.94. The molecule has 1 amide bonds. The van der Waals surface area contributed by atoms with Crippen LogP contribution in [0.3, 0.4) is 0 Å². The summed E-state index contributed by atoms with van der Waals surface area (Å²) in [6, 6.07) is 8.19. The number of likely N-dealkylation sites (tertiary alicyclic amines) is 1. The summed E-state index contributed by atoms with van der Waals surface area (Å²) in [5.74, 6) is 0.417. The van der Waals surface area contributed by atoms with Crippen LogP contribution in [0.1, 0.15) is 50.5 Å². The number of rotatable bonds is 7. The minimum absolute atomic E-state index is 0.00805. The summed E-state index contributed by atoms with van der Waals surface area (Å²) in [6.45, 7) is 4.15. The predicted molar refractivity (Wildman–Crippen MR) is 112 cm³/mol. The summed E-state index contributed by atoms with van der Waals surface area (Å²) in [7, 11) is 0. The molecule has 0 unspecified atom stereocenters. The normalized spacial score (nSPS) is 25.2. The first-order valence-electron chi connectivity index (χ1n) is 10.3. The molecule has 0 aromatic heterocycles. The second-order valence-electron chi connectivity index (χ2n) is 7.43. The van der Waals surface area contributed by atoms with Crippen LogP contribution < -0.4 is 0 Å². The summed E-state index contributed by atoms with van der Waals surface area (Å²) >= 11 is 3.49. The first kappa shape index (κ1) is 21.3. The molecule has 1 aromatic rings. The second-order valence-corrected chi connectivity index (χ2v) is 8.35. The Morgan fingerprint density at radius 2 is 1.96 bits per heavy atom. The number of hydrogen-bond donors (Lipinski definition) is 1. The van der Waals surface area contributed by atoms with E-state index in [9.17, 15) is 9.90 Å². The lowest BCUT2D eigenvalue weighted by Gasteiger charge is -2.38. The van der Waals surface area contributed by atoms with Gasteiger partial charge in [0.2, 0.25) is 6.29 Å². The maximum absolute atomic E-state index is 13.1. The van der Waals surface area contributed by atoms with Gasteiger partial charge in [-0.3, -0.25) is 4.79 Å². The van der Waals surface area contributed by atoms with E-state index in [0.717, 1.165) is 42.4 Å². The molecule has 1 aromatic carbocycles. The minimum Gasteiger partial charge on any atom is -0.459 e. The average molecular weight is 452 g/mol. The zero-order chi connectivity index (χ0) is 19.9. The fourth-order valence-corrected chi connectivity index (χ4v) is 4.34.